The molecule has 0 fully saturated rings. The van der Waals surface area contributed by atoms with Gasteiger partial charge in [0.25, 0.3) is 10.0 Å². The zero-order valence-electron chi connectivity index (χ0n) is 11.8. The van der Waals surface area contributed by atoms with Crippen molar-refractivity contribution < 1.29 is 26.7 Å². The Hall–Kier alpha value is -2.35. The summed E-state index contributed by atoms with van der Waals surface area (Å²) in [6.45, 7) is 0. The molecular formula is C14H13F2NO4S. The molecule has 0 spiro atoms. The summed E-state index contributed by atoms with van der Waals surface area (Å²) in [5, 5.41) is 0. The summed E-state index contributed by atoms with van der Waals surface area (Å²) in [5.41, 5.74) is 0.197. The molecule has 0 saturated carbocycles. The fourth-order valence-corrected chi connectivity index (χ4v) is 2.82. The van der Waals surface area contributed by atoms with Gasteiger partial charge in [0.05, 0.1) is 24.8 Å². The molecule has 0 heterocycles. The van der Waals surface area contributed by atoms with Crippen molar-refractivity contribution in [2.75, 3.05) is 18.9 Å². The van der Waals surface area contributed by atoms with E-state index < -0.39 is 21.7 Å². The van der Waals surface area contributed by atoms with Gasteiger partial charge in [0.1, 0.15) is 0 Å². The Morgan fingerprint density at radius 2 is 1.59 bits per heavy atom. The van der Waals surface area contributed by atoms with E-state index in [1.807, 2.05) is 0 Å². The smallest absolute Gasteiger partial charge is 0.262 e. The first-order valence-electron chi connectivity index (χ1n) is 6.07. The van der Waals surface area contributed by atoms with Crippen molar-refractivity contribution in [2.45, 2.75) is 4.90 Å². The molecule has 0 amide bonds. The van der Waals surface area contributed by atoms with Crippen molar-refractivity contribution in [3.05, 3.63) is 48.0 Å². The van der Waals surface area contributed by atoms with Crippen LogP contribution in [-0.2, 0) is 10.0 Å². The van der Waals surface area contributed by atoms with Gasteiger partial charge in [-0.3, -0.25) is 4.72 Å². The van der Waals surface area contributed by atoms with Crippen LogP contribution in [0.5, 0.6) is 11.5 Å². The number of benzene rings is 2. The number of sulfonamides is 1. The van der Waals surface area contributed by atoms with Crippen LogP contribution < -0.4 is 14.2 Å². The van der Waals surface area contributed by atoms with E-state index in [1.165, 1.54) is 32.4 Å². The molecule has 0 saturated heterocycles. The van der Waals surface area contributed by atoms with Crippen LogP contribution in [-0.4, -0.2) is 22.6 Å². The molecule has 0 unspecified atom stereocenters. The van der Waals surface area contributed by atoms with Crippen molar-refractivity contribution >= 4 is 15.7 Å². The lowest BCUT2D eigenvalue weighted by molar-refractivity contribution is 0.355. The van der Waals surface area contributed by atoms with Crippen molar-refractivity contribution in [3.8, 4) is 11.5 Å². The third-order valence-electron chi connectivity index (χ3n) is 2.84. The van der Waals surface area contributed by atoms with E-state index in [9.17, 15) is 17.2 Å². The average Bonchev–Trinajstić information content (AvgIpc) is 2.49. The van der Waals surface area contributed by atoms with Crippen molar-refractivity contribution in [1.29, 1.82) is 0 Å². The van der Waals surface area contributed by atoms with Crippen molar-refractivity contribution in [1.82, 2.24) is 0 Å². The molecule has 0 aliphatic rings. The summed E-state index contributed by atoms with van der Waals surface area (Å²) in [5.74, 6) is -1.61. The van der Waals surface area contributed by atoms with Gasteiger partial charge in [0.2, 0.25) is 0 Å². The molecule has 2 aromatic carbocycles. The van der Waals surface area contributed by atoms with Crippen molar-refractivity contribution in [3.63, 3.8) is 0 Å². The summed E-state index contributed by atoms with van der Waals surface area (Å²) in [6.07, 6.45) is 0. The van der Waals surface area contributed by atoms with E-state index in [-0.39, 0.29) is 10.6 Å². The first kappa shape index (κ1) is 16.0. The SMILES string of the molecule is COc1ccc(NS(=O)(=O)c2ccc(F)c(F)c2)cc1OC. The quantitative estimate of drug-likeness (QED) is 0.916. The van der Waals surface area contributed by atoms with Gasteiger partial charge in [-0.15, -0.1) is 0 Å². The van der Waals surface area contributed by atoms with Crippen LogP contribution in [0.3, 0.4) is 0 Å². The normalized spacial score (nSPS) is 11.1. The Labute approximate surface area is 126 Å². The zero-order valence-corrected chi connectivity index (χ0v) is 12.6. The maximum absolute atomic E-state index is 13.2. The minimum Gasteiger partial charge on any atom is -0.493 e. The maximum atomic E-state index is 13.2. The second-order valence-electron chi connectivity index (χ2n) is 4.25. The molecule has 2 aromatic rings. The summed E-state index contributed by atoms with van der Waals surface area (Å²) in [7, 11) is -1.19. The van der Waals surface area contributed by atoms with E-state index >= 15 is 0 Å². The highest BCUT2D eigenvalue weighted by Gasteiger charge is 2.17. The maximum Gasteiger partial charge on any atom is 0.262 e. The summed E-state index contributed by atoms with van der Waals surface area (Å²) < 4.78 is 62.7. The highest BCUT2D eigenvalue weighted by Crippen LogP contribution is 2.30. The number of halogens is 2. The predicted octanol–water partition coefficient (Wildman–Crippen LogP) is 2.78. The van der Waals surface area contributed by atoms with Crippen LogP contribution in [0.4, 0.5) is 14.5 Å². The second-order valence-corrected chi connectivity index (χ2v) is 5.93. The van der Waals surface area contributed by atoms with Gasteiger partial charge in [-0.25, -0.2) is 17.2 Å². The largest absolute Gasteiger partial charge is 0.493 e. The Bertz CT molecular complexity index is 793. The monoisotopic (exact) mass is 329 g/mol. The number of hydrogen-bond acceptors (Lipinski definition) is 4. The number of anilines is 1. The Balaban J connectivity index is 2.34. The second kappa shape index (κ2) is 6.18. The Morgan fingerprint density at radius 3 is 2.18 bits per heavy atom. The lowest BCUT2D eigenvalue weighted by Gasteiger charge is -2.12. The van der Waals surface area contributed by atoms with E-state index in [1.54, 1.807) is 0 Å². The molecule has 0 aliphatic heterocycles. The van der Waals surface area contributed by atoms with E-state index in [4.69, 9.17) is 9.47 Å². The van der Waals surface area contributed by atoms with Gasteiger partial charge in [0, 0.05) is 6.07 Å². The van der Waals surface area contributed by atoms with Crippen LogP contribution in [0.25, 0.3) is 0 Å². The van der Waals surface area contributed by atoms with Gasteiger partial charge in [-0.2, -0.15) is 0 Å². The average molecular weight is 329 g/mol. The summed E-state index contributed by atoms with van der Waals surface area (Å²) in [4.78, 5) is -0.388. The van der Waals surface area contributed by atoms with E-state index in [0.29, 0.717) is 17.6 Å². The summed E-state index contributed by atoms with van der Waals surface area (Å²) >= 11 is 0. The molecule has 0 aliphatic carbocycles. The first-order chi connectivity index (χ1) is 10.4. The fourth-order valence-electron chi connectivity index (χ4n) is 1.76. The zero-order chi connectivity index (χ0) is 16.3. The van der Waals surface area contributed by atoms with Crippen LogP contribution in [0.1, 0.15) is 0 Å². The number of rotatable bonds is 5. The van der Waals surface area contributed by atoms with Crippen molar-refractivity contribution in [2.24, 2.45) is 0 Å². The molecule has 0 atom stereocenters. The lowest BCUT2D eigenvalue weighted by atomic mass is 10.3. The van der Waals surface area contributed by atoms with Gasteiger partial charge in [0.15, 0.2) is 23.1 Å². The molecule has 0 aromatic heterocycles. The van der Waals surface area contributed by atoms with Gasteiger partial charge in [-0.1, -0.05) is 0 Å². The molecule has 0 bridgehead atoms. The third kappa shape index (κ3) is 3.28. The molecule has 118 valence electrons. The molecule has 2 rings (SSSR count). The highest BCUT2D eigenvalue weighted by molar-refractivity contribution is 7.92. The number of ether oxygens (including phenoxy) is 2. The predicted molar refractivity (Wildman–Crippen MR) is 76.7 cm³/mol. The van der Waals surface area contributed by atoms with Gasteiger partial charge in [-0.05, 0) is 30.3 Å². The Morgan fingerprint density at radius 1 is 0.909 bits per heavy atom. The summed E-state index contributed by atoms with van der Waals surface area (Å²) in [6, 6.07) is 6.72. The standard InChI is InChI=1S/C14H13F2NO4S/c1-20-13-6-3-9(7-14(13)21-2)17-22(18,19)10-4-5-11(15)12(16)8-10/h3-8,17H,1-2H3. The molecule has 8 heteroatoms. The van der Waals surface area contributed by atoms with Crippen LogP contribution >= 0.6 is 0 Å². The molecule has 1 N–H and O–H groups in total. The van der Waals surface area contributed by atoms with Crippen LogP contribution in [0.15, 0.2) is 41.3 Å². The lowest BCUT2D eigenvalue weighted by Crippen LogP contribution is -2.13. The third-order valence-corrected chi connectivity index (χ3v) is 4.22. The topological polar surface area (TPSA) is 64.6 Å². The van der Waals surface area contributed by atoms with E-state index in [0.717, 1.165) is 12.1 Å². The first-order valence-corrected chi connectivity index (χ1v) is 7.55. The molecule has 5 nitrogen and oxygen atoms in total. The fraction of sp³-hybridized carbons (Fsp3) is 0.143. The van der Waals surface area contributed by atoms with E-state index in [2.05, 4.69) is 4.72 Å². The minimum absolute atomic E-state index is 0.197. The highest BCUT2D eigenvalue weighted by atomic mass is 32.2. The van der Waals surface area contributed by atoms with Gasteiger partial charge >= 0.3 is 0 Å². The molecule has 0 radical (unpaired) electrons. The Kier molecular flexibility index (Phi) is 4.51. The molecular weight excluding hydrogens is 316 g/mol. The van der Waals surface area contributed by atoms with Crippen LogP contribution in [0, 0.1) is 11.6 Å². The number of hydrogen-bond donors (Lipinski definition) is 1. The number of methoxy groups -OCH3 is 2. The number of nitrogens with one attached hydrogen (secondary N) is 1. The molecule has 22 heavy (non-hydrogen) atoms. The van der Waals surface area contributed by atoms with Crippen LogP contribution in [0.2, 0.25) is 0 Å². The minimum atomic E-state index is -4.05. The van der Waals surface area contributed by atoms with Gasteiger partial charge < -0.3 is 9.47 Å².